The molecule has 1 N–H and O–H groups in total. The summed E-state index contributed by atoms with van der Waals surface area (Å²) < 4.78 is 82.8. The summed E-state index contributed by atoms with van der Waals surface area (Å²) in [6.45, 7) is 1.65. The SMILES string of the molecule is COc1cc([C@@H](CC(F)(F)F)N2CCNCC2)cc(C(F)(F)F)c1. The Hall–Kier alpha value is -1.48. The molecule has 0 saturated carbocycles. The Morgan fingerprint density at radius 2 is 1.71 bits per heavy atom. The summed E-state index contributed by atoms with van der Waals surface area (Å²) in [7, 11) is 1.18. The van der Waals surface area contributed by atoms with Crippen LogP contribution in [0.1, 0.15) is 23.6 Å². The molecular weight excluding hydrogens is 338 g/mol. The van der Waals surface area contributed by atoms with E-state index in [4.69, 9.17) is 4.74 Å². The molecule has 0 spiro atoms. The third-order valence-electron chi connectivity index (χ3n) is 3.89. The van der Waals surface area contributed by atoms with Gasteiger partial charge in [-0.15, -0.1) is 0 Å². The highest BCUT2D eigenvalue weighted by molar-refractivity contribution is 5.37. The highest BCUT2D eigenvalue weighted by Crippen LogP contribution is 2.39. The first-order valence-corrected chi connectivity index (χ1v) is 7.38. The highest BCUT2D eigenvalue weighted by Gasteiger charge is 2.38. The molecule has 1 atom stereocenters. The Morgan fingerprint density at radius 1 is 1.08 bits per heavy atom. The fourth-order valence-corrected chi connectivity index (χ4v) is 2.77. The molecule has 1 fully saturated rings. The molecule has 24 heavy (non-hydrogen) atoms. The number of hydrogen-bond donors (Lipinski definition) is 1. The lowest BCUT2D eigenvalue weighted by atomic mass is 9.98. The number of nitrogens with one attached hydrogen (secondary N) is 1. The van der Waals surface area contributed by atoms with E-state index in [0.29, 0.717) is 26.2 Å². The third kappa shape index (κ3) is 5.01. The topological polar surface area (TPSA) is 24.5 Å². The van der Waals surface area contributed by atoms with Crippen LogP contribution in [0.5, 0.6) is 5.75 Å². The zero-order valence-electron chi connectivity index (χ0n) is 13.0. The molecule has 1 saturated heterocycles. The zero-order chi connectivity index (χ0) is 18.0. The average Bonchev–Trinajstić information content (AvgIpc) is 2.51. The van der Waals surface area contributed by atoms with E-state index < -0.39 is 30.4 Å². The quantitative estimate of drug-likeness (QED) is 0.834. The molecule has 0 aromatic heterocycles. The molecule has 1 aliphatic heterocycles. The summed E-state index contributed by atoms with van der Waals surface area (Å²) in [5.41, 5.74) is -1.06. The normalized spacial score (nSPS) is 18.5. The van der Waals surface area contributed by atoms with Crippen molar-refractivity contribution >= 4 is 0 Å². The minimum absolute atomic E-state index is 0.0408. The van der Waals surface area contributed by atoms with Crippen molar-refractivity contribution in [1.82, 2.24) is 10.2 Å². The maximum Gasteiger partial charge on any atom is 0.416 e. The number of methoxy groups -OCH3 is 1. The van der Waals surface area contributed by atoms with Gasteiger partial charge in [-0.25, -0.2) is 0 Å². The van der Waals surface area contributed by atoms with Gasteiger partial charge < -0.3 is 10.1 Å². The number of ether oxygens (including phenoxy) is 1. The van der Waals surface area contributed by atoms with Crippen LogP contribution < -0.4 is 10.1 Å². The fourth-order valence-electron chi connectivity index (χ4n) is 2.77. The molecule has 3 nitrogen and oxygen atoms in total. The van der Waals surface area contributed by atoms with E-state index in [1.54, 1.807) is 4.90 Å². The lowest BCUT2D eigenvalue weighted by molar-refractivity contribution is -0.148. The second kappa shape index (κ2) is 7.18. The van der Waals surface area contributed by atoms with Gasteiger partial charge in [0, 0.05) is 32.2 Å². The summed E-state index contributed by atoms with van der Waals surface area (Å²) in [6, 6.07) is 1.63. The second-order valence-electron chi connectivity index (χ2n) is 5.61. The van der Waals surface area contributed by atoms with Crippen LogP contribution in [0.3, 0.4) is 0 Å². The lowest BCUT2D eigenvalue weighted by Gasteiger charge is -2.36. The van der Waals surface area contributed by atoms with E-state index in [0.717, 1.165) is 12.1 Å². The molecule has 0 radical (unpaired) electrons. The van der Waals surface area contributed by atoms with Crippen LogP contribution in [0.2, 0.25) is 0 Å². The van der Waals surface area contributed by atoms with E-state index in [-0.39, 0.29) is 11.3 Å². The largest absolute Gasteiger partial charge is 0.497 e. The molecule has 1 heterocycles. The molecule has 136 valence electrons. The summed E-state index contributed by atoms with van der Waals surface area (Å²) >= 11 is 0. The molecule has 0 unspecified atom stereocenters. The van der Waals surface area contributed by atoms with Crippen LogP contribution in [0.4, 0.5) is 26.3 Å². The fraction of sp³-hybridized carbons (Fsp3) is 0.600. The molecule has 1 aromatic carbocycles. The molecule has 1 aliphatic rings. The molecule has 0 aliphatic carbocycles. The van der Waals surface area contributed by atoms with E-state index >= 15 is 0 Å². The van der Waals surface area contributed by atoms with Gasteiger partial charge in [0.15, 0.2) is 0 Å². The van der Waals surface area contributed by atoms with E-state index in [2.05, 4.69) is 5.32 Å². The van der Waals surface area contributed by atoms with Crippen LogP contribution in [0.15, 0.2) is 18.2 Å². The maximum absolute atomic E-state index is 13.0. The number of rotatable bonds is 4. The molecule has 9 heteroatoms. The molecule has 2 rings (SSSR count). The second-order valence-corrected chi connectivity index (χ2v) is 5.61. The Balaban J connectivity index is 2.43. The van der Waals surface area contributed by atoms with Crippen molar-refractivity contribution in [2.45, 2.75) is 24.8 Å². The van der Waals surface area contributed by atoms with Crippen LogP contribution in [-0.4, -0.2) is 44.4 Å². The minimum atomic E-state index is -4.66. The van der Waals surface area contributed by atoms with Crippen molar-refractivity contribution in [2.24, 2.45) is 0 Å². The first-order chi connectivity index (χ1) is 11.1. The standard InChI is InChI=1S/C15H18F6N2O/c1-24-12-7-10(6-11(8-12)15(19,20)21)13(9-14(16,17)18)23-4-2-22-3-5-23/h6-8,13,22H,2-5,9H2,1H3/t13-/m1/s1. The summed E-state index contributed by atoms with van der Waals surface area (Å²) in [4.78, 5) is 1.55. The third-order valence-corrected chi connectivity index (χ3v) is 3.89. The van der Waals surface area contributed by atoms with Crippen molar-refractivity contribution in [3.63, 3.8) is 0 Å². The maximum atomic E-state index is 13.0. The van der Waals surface area contributed by atoms with E-state index in [1.807, 2.05) is 0 Å². The van der Waals surface area contributed by atoms with Crippen LogP contribution in [0.25, 0.3) is 0 Å². The average molecular weight is 356 g/mol. The van der Waals surface area contributed by atoms with Crippen molar-refractivity contribution < 1.29 is 31.1 Å². The number of piperazine rings is 1. The molecule has 0 amide bonds. The van der Waals surface area contributed by atoms with Gasteiger partial charge >= 0.3 is 12.4 Å². The Labute approximate surface area is 135 Å². The van der Waals surface area contributed by atoms with Crippen LogP contribution >= 0.6 is 0 Å². The Bertz CT molecular complexity index is 552. The van der Waals surface area contributed by atoms with E-state index in [1.165, 1.54) is 13.2 Å². The number of nitrogens with zero attached hydrogens (tertiary/aromatic N) is 1. The monoisotopic (exact) mass is 356 g/mol. The molecule has 0 bridgehead atoms. The van der Waals surface area contributed by atoms with Crippen molar-refractivity contribution in [3.05, 3.63) is 29.3 Å². The van der Waals surface area contributed by atoms with Gasteiger partial charge in [0.05, 0.1) is 19.1 Å². The van der Waals surface area contributed by atoms with Gasteiger partial charge in [-0.05, 0) is 23.8 Å². The van der Waals surface area contributed by atoms with Crippen LogP contribution in [-0.2, 0) is 6.18 Å². The molecular formula is C15H18F6N2O. The first-order valence-electron chi connectivity index (χ1n) is 7.38. The number of alkyl halides is 6. The van der Waals surface area contributed by atoms with Crippen molar-refractivity contribution in [2.75, 3.05) is 33.3 Å². The van der Waals surface area contributed by atoms with Gasteiger partial charge in [0.1, 0.15) is 5.75 Å². The predicted octanol–water partition coefficient (Wildman–Crippen LogP) is 3.61. The van der Waals surface area contributed by atoms with Gasteiger partial charge in [0.2, 0.25) is 0 Å². The van der Waals surface area contributed by atoms with Crippen molar-refractivity contribution in [1.29, 1.82) is 0 Å². The molecule has 1 aromatic rings. The minimum Gasteiger partial charge on any atom is -0.497 e. The number of benzene rings is 1. The first kappa shape index (κ1) is 18.9. The predicted molar refractivity (Wildman–Crippen MR) is 75.9 cm³/mol. The smallest absolute Gasteiger partial charge is 0.416 e. The zero-order valence-corrected chi connectivity index (χ0v) is 13.0. The Morgan fingerprint density at radius 3 is 2.21 bits per heavy atom. The van der Waals surface area contributed by atoms with Gasteiger partial charge in [-0.3, -0.25) is 4.90 Å². The lowest BCUT2D eigenvalue weighted by Crippen LogP contribution is -2.46. The number of hydrogen-bond acceptors (Lipinski definition) is 3. The summed E-state index contributed by atoms with van der Waals surface area (Å²) in [5, 5.41) is 3.01. The van der Waals surface area contributed by atoms with Crippen molar-refractivity contribution in [3.8, 4) is 5.75 Å². The van der Waals surface area contributed by atoms with Gasteiger partial charge in [-0.2, -0.15) is 26.3 Å². The highest BCUT2D eigenvalue weighted by atomic mass is 19.4. The summed E-state index contributed by atoms with van der Waals surface area (Å²) in [6.07, 6.45) is -10.4. The number of halogens is 6. The van der Waals surface area contributed by atoms with Gasteiger partial charge in [-0.1, -0.05) is 0 Å². The van der Waals surface area contributed by atoms with E-state index in [9.17, 15) is 26.3 Å². The Kier molecular flexibility index (Phi) is 5.64. The van der Waals surface area contributed by atoms with Crippen LogP contribution in [0, 0.1) is 0 Å². The van der Waals surface area contributed by atoms with Gasteiger partial charge in [0.25, 0.3) is 0 Å². The summed E-state index contributed by atoms with van der Waals surface area (Å²) in [5.74, 6) is -0.109.